The molecule has 84 valence electrons. The molecule has 0 bridgehead atoms. The number of nitrogens with one attached hydrogen (secondary N) is 1. The van der Waals surface area contributed by atoms with Crippen molar-refractivity contribution in [2.45, 2.75) is 0 Å². The van der Waals surface area contributed by atoms with Crippen LogP contribution in [0.3, 0.4) is 0 Å². The number of benzene rings is 1. The highest BCUT2D eigenvalue weighted by Gasteiger charge is 2.17. The molecular weight excluding hydrogens is 261 g/mol. The first-order valence-electron chi connectivity index (χ1n) is 4.80. The monoisotopic (exact) mass is 265 g/mol. The van der Waals surface area contributed by atoms with Crippen LogP contribution in [0.4, 0.5) is 0 Å². The van der Waals surface area contributed by atoms with Crippen molar-refractivity contribution in [2.75, 3.05) is 0 Å². The zero-order valence-corrected chi connectivity index (χ0v) is 9.88. The van der Waals surface area contributed by atoms with Gasteiger partial charge >= 0.3 is 0 Å². The predicted octanol–water partition coefficient (Wildman–Crippen LogP) is 3.14. The Morgan fingerprint density at radius 2 is 2.06 bits per heavy atom. The quantitative estimate of drug-likeness (QED) is 0.543. The first-order valence-corrected chi connectivity index (χ1v) is 5.56. The zero-order valence-electron chi connectivity index (χ0n) is 8.37. The lowest BCUT2D eigenvalue weighted by atomic mass is 10.1. The second kappa shape index (κ2) is 3.68. The van der Waals surface area contributed by atoms with Gasteiger partial charge in [0.25, 0.3) is 5.24 Å². The number of fused-ring (bicyclic) bond motifs is 3. The van der Waals surface area contributed by atoms with Crippen molar-refractivity contribution < 1.29 is 4.79 Å². The standard InChI is InChI=1S/C11H5Cl2N3O/c12-10-8-7(9(11(13)17)16-15-8)5-3-1-2-4-6(5)14-10/h1-4H,(H,15,16). The third-order valence-corrected chi connectivity index (χ3v) is 3.00. The summed E-state index contributed by atoms with van der Waals surface area (Å²) in [4.78, 5) is 15.5. The van der Waals surface area contributed by atoms with Gasteiger partial charge in [-0.3, -0.25) is 9.89 Å². The fourth-order valence-corrected chi connectivity index (χ4v) is 2.20. The van der Waals surface area contributed by atoms with Crippen LogP contribution in [-0.2, 0) is 0 Å². The molecule has 4 nitrogen and oxygen atoms in total. The van der Waals surface area contributed by atoms with Gasteiger partial charge in [0.1, 0.15) is 11.2 Å². The van der Waals surface area contributed by atoms with E-state index in [9.17, 15) is 4.79 Å². The van der Waals surface area contributed by atoms with E-state index in [1.54, 1.807) is 0 Å². The number of pyridine rings is 1. The number of aromatic nitrogens is 3. The van der Waals surface area contributed by atoms with Gasteiger partial charge < -0.3 is 0 Å². The van der Waals surface area contributed by atoms with Gasteiger partial charge in [-0.15, -0.1) is 0 Å². The highest BCUT2D eigenvalue weighted by molar-refractivity contribution is 6.68. The molecular formula is C11H5Cl2N3O. The summed E-state index contributed by atoms with van der Waals surface area (Å²) >= 11 is 11.5. The Hall–Kier alpha value is -1.65. The molecule has 0 fully saturated rings. The molecule has 0 spiro atoms. The van der Waals surface area contributed by atoms with Crippen molar-refractivity contribution in [1.82, 2.24) is 15.2 Å². The number of carbonyl (C=O) groups excluding carboxylic acids is 1. The summed E-state index contributed by atoms with van der Waals surface area (Å²) in [6, 6.07) is 7.36. The second-order valence-electron chi connectivity index (χ2n) is 3.52. The maximum absolute atomic E-state index is 11.3. The summed E-state index contributed by atoms with van der Waals surface area (Å²) in [6.07, 6.45) is 0. The van der Waals surface area contributed by atoms with Crippen LogP contribution in [0.1, 0.15) is 10.5 Å². The predicted molar refractivity (Wildman–Crippen MR) is 66.6 cm³/mol. The minimum atomic E-state index is -0.597. The van der Waals surface area contributed by atoms with E-state index >= 15 is 0 Å². The molecule has 3 rings (SSSR count). The average molecular weight is 266 g/mol. The Kier molecular flexibility index (Phi) is 2.28. The molecule has 1 aromatic carbocycles. The van der Waals surface area contributed by atoms with Gasteiger partial charge in [0, 0.05) is 10.8 Å². The van der Waals surface area contributed by atoms with Crippen LogP contribution in [-0.4, -0.2) is 20.4 Å². The molecule has 0 aliphatic carbocycles. The molecule has 0 saturated heterocycles. The zero-order chi connectivity index (χ0) is 12.0. The lowest BCUT2D eigenvalue weighted by molar-refractivity contribution is 0.107. The van der Waals surface area contributed by atoms with Crippen LogP contribution in [0, 0.1) is 0 Å². The SMILES string of the molecule is O=C(Cl)c1[nH]nc2c(Cl)nc3ccccc3c12. The Bertz CT molecular complexity index is 751. The van der Waals surface area contributed by atoms with Crippen LogP contribution in [0.25, 0.3) is 21.8 Å². The second-order valence-corrected chi connectivity index (χ2v) is 4.22. The van der Waals surface area contributed by atoms with Crippen molar-refractivity contribution in [1.29, 1.82) is 0 Å². The molecule has 2 aromatic heterocycles. The summed E-state index contributed by atoms with van der Waals surface area (Å²) in [6.45, 7) is 0. The Morgan fingerprint density at radius 3 is 2.82 bits per heavy atom. The summed E-state index contributed by atoms with van der Waals surface area (Å²) < 4.78 is 0. The Balaban J connectivity index is 2.61. The molecule has 0 atom stereocenters. The van der Waals surface area contributed by atoms with Gasteiger partial charge in [0.15, 0.2) is 5.15 Å². The summed E-state index contributed by atoms with van der Waals surface area (Å²) in [5, 5.41) is 7.61. The van der Waals surface area contributed by atoms with Crippen LogP contribution in [0.5, 0.6) is 0 Å². The molecule has 0 radical (unpaired) electrons. The minimum Gasteiger partial charge on any atom is -0.274 e. The van der Waals surface area contributed by atoms with E-state index in [1.807, 2.05) is 24.3 Å². The maximum Gasteiger partial charge on any atom is 0.270 e. The van der Waals surface area contributed by atoms with Crippen LogP contribution in [0.15, 0.2) is 24.3 Å². The highest BCUT2D eigenvalue weighted by atomic mass is 35.5. The fraction of sp³-hybridized carbons (Fsp3) is 0. The minimum absolute atomic E-state index is 0.238. The first-order chi connectivity index (χ1) is 8.18. The number of carbonyl (C=O) groups is 1. The molecule has 17 heavy (non-hydrogen) atoms. The number of hydrogen-bond acceptors (Lipinski definition) is 3. The molecule has 0 aliphatic heterocycles. The molecule has 0 aliphatic rings. The Morgan fingerprint density at radius 1 is 1.29 bits per heavy atom. The fourth-order valence-electron chi connectivity index (χ4n) is 1.84. The van der Waals surface area contributed by atoms with Gasteiger partial charge in [0.05, 0.1) is 5.52 Å². The van der Waals surface area contributed by atoms with Gasteiger partial charge in [-0.05, 0) is 17.7 Å². The smallest absolute Gasteiger partial charge is 0.270 e. The van der Waals surface area contributed by atoms with E-state index in [4.69, 9.17) is 23.2 Å². The van der Waals surface area contributed by atoms with Crippen molar-refractivity contribution in [2.24, 2.45) is 0 Å². The topological polar surface area (TPSA) is 58.6 Å². The van der Waals surface area contributed by atoms with Crippen LogP contribution in [0.2, 0.25) is 5.15 Å². The molecule has 0 saturated carbocycles. The van der Waals surface area contributed by atoms with Crippen molar-refractivity contribution in [3.8, 4) is 0 Å². The normalized spacial score (nSPS) is 11.2. The highest BCUT2D eigenvalue weighted by Crippen LogP contribution is 2.30. The number of para-hydroxylation sites is 1. The lowest BCUT2D eigenvalue weighted by Gasteiger charge is -2.00. The van der Waals surface area contributed by atoms with Crippen molar-refractivity contribution >= 4 is 50.3 Å². The third-order valence-electron chi connectivity index (χ3n) is 2.55. The molecule has 1 N–H and O–H groups in total. The van der Waals surface area contributed by atoms with Crippen LogP contribution < -0.4 is 0 Å². The molecule has 0 unspecified atom stereocenters. The number of nitrogens with zero attached hydrogens (tertiary/aromatic N) is 2. The number of rotatable bonds is 1. The van der Waals surface area contributed by atoms with Gasteiger partial charge in [-0.2, -0.15) is 5.10 Å². The molecule has 2 heterocycles. The summed E-state index contributed by atoms with van der Waals surface area (Å²) in [5.74, 6) is 0. The maximum atomic E-state index is 11.3. The lowest BCUT2D eigenvalue weighted by Crippen LogP contribution is -1.90. The van der Waals surface area contributed by atoms with E-state index in [2.05, 4.69) is 15.2 Å². The third kappa shape index (κ3) is 1.49. The number of aromatic amines is 1. The summed E-state index contributed by atoms with van der Waals surface area (Å²) in [7, 11) is 0. The van der Waals surface area contributed by atoms with Crippen LogP contribution >= 0.6 is 23.2 Å². The number of halogens is 2. The van der Waals surface area contributed by atoms with Gasteiger partial charge in [0.2, 0.25) is 0 Å². The van der Waals surface area contributed by atoms with E-state index in [1.165, 1.54) is 0 Å². The molecule has 6 heteroatoms. The van der Waals surface area contributed by atoms with Gasteiger partial charge in [-0.25, -0.2) is 4.98 Å². The van der Waals surface area contributed by atoms with E-state index in [0.29, 0.717) is 16.4 Å². The average Bonchev–Trinajstić information content (AvgIpc) is 2.74. The van der Waals surface area contributed by atoms with Gasteiger partial charge in [-0.1, -0.05) is 29.8 Å². The molecule has 0 amide bonds. The van der Waals surface area contributed by atoms with E-state index < -0.39 is 5.24 Å². The first kappa shape index (κ1) is 10.5. The molecule has 3 aromatic rings. The number of hydrogen-bond donors (Lipinski definition) is 1. The van der Waals surface area contributed by atoms with E-state index in [0.717, 1.165) is 5.39 Å². The summed E-state index contributed by atoms with van der Waals surface area (Å²) in [5.41, 5.74) is 1.39. The number of H-pyrrole nitrogens is 1. The Labute approximate surface area is 106 Å². The largest absolute Gasteiger partial charge is 0.274 e. The van der Waals surface area contributed by atoms with Crippen molar-refractivity contribution in [3.63, 3.8) is 0 Å². The van der Waals surface area contributed by atoms with Crippen molar-refractivity contribution in [3.05, 3.63) is 35.1 Å². The van der Waals surface area contributed by atoms with E-state index in [-0.39, 0.29) is 10.8 Å².